The van der Waals surface area contributed by atoms with Crippen LogP contribution in [0.25, 0.3) is 10.9 Å². The minimum absolute atomic E-state index is 0.0619. The number of hydrogen-bond donors (Lipinski definition) is 3. The SMILES string of the molecule is CCCCNC(=O)c1ccc(CNC(=O)c2cccc3c(C)c(C)[nH]c23)cc1. The minimum Gasteiger partial charge on any atom is -0.358 e. The van der Waals surface area contributed by atoms with Gasteiger partial charge in [0.25, 0.3) is 11.8 Å². The highest BCUT2D eigenvalue weighted by atomic mass is 16.2. The molecule has 146 valence electrons. The van der Waals surface area contributed by atoms with Crippen molar-refractivity contribution in [1.82, 2.24) is 15.6 Å². The Labute approximate surface area is 165 Å². The van der Waals surface area contributed by atoms with Gasteiger partial charge in [0.15, 0.2) is 0 Å². The summed E-state index contributed by atoms with van der Waals surface area (Å²) in [4.78, 5) is 28.0. The number of aryl methyl sites for hydroxylation is 2. The molecule has 1 aromatic heterocycles. The number of aromatic amines is 1. The van der Waals surface area contributed by atoms with E-state index in [9.17, 15) is 9.59 Å². The van der Waals surface area contributed by atoms with Gasteiger partial charge in [-0.3, -0.25) is 9.59 Å². The molecule has 0 spiro atoms. The van der Waals surface area contributed by atoms with E-state index >= 15 is 0 Å². The average molecular weight is 377 g/mol. The predicted molar refractivity (Wildman–Crippen MR) is 113 cm³/mol. The van der Waals surface area contributed by atoms with Crippen molar-refractivity contribution in [3.63, 3.8) is 0 Å². The smallest absolute Gasteiger partial charge is 0.253 e. The van der Waals surface area contributed by atoms with Crippen LogP contribution in [0.1, 0.15) is 57.3 Å². The van der Waals surface area contributed by atoms with Crippen LogP contribution in [-0.4, -0.2) is 23.3 Å². The van der Waals surface area contributed by atoms with E-state index in [1.54, 1.807) is 12.1 Å². The van der Waals surface area contributed by atoms with Gasteiger partial charge >= 0.3 is 0 Å². The molecule has 0 saturated heterocycles. The zero-order valence-corrected chi connectivity index (χ0v) is 16.7. The minimum atomic E-state index is -0.117. The third kappa shape index (κ3) is 4.25. The first kappa shape index (κ1) is 19.7. The van der Waals surface area contributed by atoms with Gasteiger partial charge in [-0.05, 0) is 49.6 Å². The third-order valence-electron chi connectivity index (χ3n) is 5.07. The Morgan fingerprint density at radius 3 is 2.43 bits per heavy atom. The molecule has 0 bridgehead atoms. The second-order valence-corrected chi connectivity index (χ2v) is 7.09. The number of hydrogen-bond acceptors (Lipinski definition) is 2. The monoisotopic (exact) mass is 377 g/mol. The summed E-state index contributed by atoms with van der Waals surface area (Å²) in [5, 5.41) is 6.94. The summed E-state index contributed by atoms with van der Waals surface area (Å²) in [5.74, 6) is -0.179. The van der Waals surface area contributed by atoms with E-state index in [2.05, 4.69) is 29.5 Å². The summed E-state index contributed by atoms with van der Waals surface area (Å²) in [6, 6.07) is 13.1. The van der Waals surface area contributed by atoms with E-state index < -0.39 is 0 Å². The lowest BCUT2D eigenvalue weighted by Gasteiger charge is -2.08. The van der Waals surface area contributed by atoms with Crippen LogP contribution >= 0.6 is 0 Å². The summed E-state index contributed by atoms with van der Waals surface area (Å²) < 4.78 is 0. The third-order valence-corrected chi connectivity index (χ3v) is 5.07. The number of unbranched alkanes of at least 4 members (excludes halogenated alkanes) is 1. The Morgan fingerprint density at radius 2 is 1.71 bits per heavy atom. The second kappa shape index (κ2) is 8.74. The zero-order chi connectivity index (χ0) is 20.1. The quantitative estimate of drug-likeness (QED) is 0.539. The van der Waals surface area contributed by atoms with Crippen molar-refractivity contribution in [1.29, 1.82) is 0 Å². The number of amides is 2. The van der Waals surface area contributed by atoms with E-state index in [1.165, 1.54) is 0 Å². The molecule has 1 heterocycles. The van der Waals surface area contributed by atoms with Crippen LogP contribution < -0.4 is 10.6 Å². The lowest BCUT2D eigenvalue weighted by molar-refractivity contribution is 0.0943. The molecule has 0 fully saturated rings. The second-order valence-electron chi connectivity index (χ2n) is 7.09. The Hall–Kier alpha value is -3.08. The molecule has 0 aliphatic heterocycles. The molecule has 0 unspecified atom stereocenters. The molecule has 2 aromatic carbocycles. The molecule has 2 amide bonds. The number of H-pyrrole nitrogens is 1. The lowest BCUT2D eigenvalue weighted by atomic mass is 10.1. The van der Waals surface area contributed by atoms with E-state index in [1.807, 2.05) is 37.3 Å². The van der Waals surface area contributed by atoms with E-state index in [4.69, 9.17) is 0 Å². The number of aromatic nitrogens is 1. The molecule has 0 aliphatic carbocycles. The fourth-order valence-corrected chi connectivity index (χ4v) is 3.20. The van der Waals surface area contributed by atoms with Gasteiger partial charge in [-0.25, -0.2) is 0 Å². The molecule has 0 aliphatic rings. The molecule has 28 heavy (non-hydrogen) atoms. The first-order valence-corrected chi connectivity index (χ1v) is 9.74. The van der Waals surface area contributed by atoms with Crippen LogP contribution in [0, 0.1) is 13.8 Å². The van der Waals surface area contributed by atoms with Crippen molar-refractivity contribution in [3.8, 4) is 0 Å². The number of benzene rings is 2. The maximum atomic E-state index is 12.7. The largest absolute Gasteiger partial charge is 0.358 e. The summed E-state index contributed by atoms with van der Waals surface area (Å²) in [7, 11) is 0. The van der Waals surface area contributed by atoms with E-state index in [-0.39, 0.29) is 11.8 Å². The summed E-state index contributed by atoms with van der Waals surface area (Å²) in [6.45, 7) is 7.25. The Kier molecular flexibility index (Phi) is 6.14. The first-order chi connectivity index (χ1) is 13.5. The van der Waals surface area contributed by atoms with Crippen LogP contribution in [0.4, 0.5) is 0 Å². The molecule has 0 radical (unpaired) electrons. The number of nitrogens with one attached hydrogen (secondary N) is 3. The molecule has 5 nitrogen and oxygen atoms in total. The normalized spacial score (nSPS) is 10.8. The predicted octanol–water partition coefficient (Wildman–Crippen LogP) is 4.24. The Balaban J connectivity index is 1.64. The Bertz CT molecular complexity index is 987. The van der Waals surface area contributed by atoms with Gasteiger partial charge in [-0.2, -0.15) is 0 Å². The highest BCUT2D eigenvalue weighted by molar-refractivity contribution is 6.06. The van der Waals surface area contributed by atoms with Gasteiger partial charge in [0.2, 0.25) is 0 Å². The zero-order valence-electron chi connectivity index (χ0n) is 16.7. The molecule has 5 heteroatoms. The van der Waals surface area contributed by atoms with E-state index in [0.29, 0.717) is 24.2 Å². The molecule has 3 N–H and O–H groups in total. The fourth-order valence-electron chi connectivity index (χ4n) is 3.20. The Morgan fingerprint density at radius 1 is 0.964 bits per heavy atom. The summed E-state index contributed by atoms with van der Waals surface area (Å²) in [5.41, 5.74) is 5.33. The van der Waals surface area contributed by atoms with Crippen LogP contribution in [0.5, 0.6) is 0 Å². The average Bonchev–Trinajstić information content (AvgIpc) is 3.00. The van der Waals surface area contributed by atoms with Gasteiger partial charge in [0.05, 0.1) is 11.1 Å². The van der Waals surface area contributed by atoms with Crippen molar-refractivity contribution in [2.75, 3.05) is 6.54 Å². The molecular formula is C23H27N3O2. The number of rotatable bonds is 7. The molecule has 3 aromatic rings. The van der Waals surface area contributed by atoms with Gasteiger partial charge in [0, 0.05) is 29.7 Å². The summed E-state index contributed by atoms with van der Waals surface area (Å²) in [6.07, 6.45) is 2.02. The maximum absolute atomic E-state index is 12.7. The lowest BCUT2D eigenvalue weighted by Crippen LogP contribution is -2.25. The van der Waals surface area contributed by atoms with Crippen molar-refractivity contribution >= 4 is 22.7 Å². The van der Waals surface area contributed by atoms with Crippen LogP contribution in [0.15, 0.2) is 42.5 Å². The number of carbonyl (C=O) groups is 2. The highest BCUT2D eigenvalue weighted by Gasteiger charge is 2.13. The molecular weight excluding hydrogens is 350 g/mol. The van der Waals surface area contributed by atoms with Crippen LogP contribution in [0.3, 0.4) is 0 Å². The van der Waals surface area contributed by atoms with Gasteiger partial charge in [-0.15, -0.1) is 0 Å². The van der Waals surface area contributed by atoms with Crippen molar-refractivity contribution in [2.45, 2.75) is 40.2 Å². The fraction of sp³-hybridized carbons (Fsp3) is 0.304. The van der Waals surface area contributed by atoms with Crippen molar-refractivity contribution in [3.05, 3.63) is 70.4 Å². The highest BCUT2D eigenvalue weighted by Crippen LogP contribution is 2.24. The standard InChI is InChI=1S/C23H27N3O2/c1-4-5-13-24-22(27)18-11-9-17(10-12-18)14-25-23(28)20-8-6-7-19-15(2)16(3)26-21(19)20/h6-12,26H,4-5,13-14H2,1-3H3,(H,24,27)(H,25,28). The van der Waals surface area contributed by atoms with Crippen molar-refractivity contribution < 1.29 is 9.59 Å². The first-order valence-electron chi connectivity index (χ1n) is 9.74. The number of carbonyl (C=O) groups excluding carboxylic acids is 2. The van der Waals surface area contributed by atoms with Gasteiger partial charge in [0.1, 0.15) is 0 Å². The van der Waals surface area contributed by atoms with Crippen molar-refractivity contribution in [2.24, 2.45) is 0 Å². The van der Waals surface area contributed by atoms with Crippen LogP contribution in [0.2, 0.25) is 0 Å². The van der Waals surface area contributed by atoms with Gasteiger partial charge in [-0.1, -0.05) is 37.6 Å². The topological polar surface area (TPSA) is 74.0 Å². The molecule has 3 rings (SSSR count). The van der Waals surface area contributed by atoms with E-state index in [0.717, 1.165) is 40.6 Å². The number of para-hydroxylation sites is 1. The molecule has 0 atom stereocenters. The molecule has 0 saturated carbocycles. The van der Waals surface area contributed by atoms with Crippen LogP contribution in [-0.2, 0) is 6.54 Å². The number of fused-ring (bicyclic) bond motifs is 1. The summed E-state index contributed by atoms with van der Waals surface area (Å²) >= 11 is 0. The maximum Gasteiger partial charge on any atom is 0.253 e. The van der Waals surface area contributed by atoms with Gasteiger partial charge < -0.3 is 15.6 Å².